The molecule has 2 heterocycles. The Morgan fingerprint density at radius 1 is 1.57 bits per heavy atom. The summed E-state index contributed by atoms with van der Waals surface area (Å²) in [4.78, 5) is 18.4. The van der Waals surface area contributed by atoms with Crippen LogP contribution in [-0.2, 0) is 6.42 Å². The van der Waals surface area contributed by atoms with Crippen molar-refractivity contribution in [3.8, 4) is 6.07 Å². The number of anilines is 1. The summed E-state index contributed by atoms with van der Waals surface area (Å²) >= 11 is 1.51. The molecule has 0 saturated carbocycles. The summed E-state index contributed by atoms with van der Waals surface area (Å²) in [7, 11) is 1.75. The molecule has 122 valence electrons. The molecule has 0 fully saturated rings. The van der Waals surface area contributed by atoms with E-state index in [4.69, 9.17) is 11.0 Å². The van der Waals surface area contributed by atoms with E-state index in [9.17, 15) is 4.79 Å². The number of hydrogen-bond donors (Lipinski definition) is 2. The Morgan fingerprint density at radius 3 is 2.91 bits per heavy atom. The Balaban J connectivity index is 1.90. The van der Waals surface area contributed by atoms with Gasteiger partial charge in [-0.1, -0.05) is 13.8 Å². The first-order valence-electron chi connectivity index (χ1n) is 7.37. The van der Waals surface area contributed by atoms with E-state index in [-0.39, 0.29) is 11.7 Å². The lowest BCUT2D eigenvalue weighted by Crippen LogP contribution is -2.28. The molecule has 0 bridgehead atoms. The van der Waals surface area contributed by atoms with Gasteiger partial charge in [0.2, 0.25) is 0 Å². The fourth-order valence-corrected chi connectivity index (χ4v) is 2.95. The highest BCUT2D eigenvalue weighted by atomic mass is 32.1. The second-order valence-corrected chi connectivity index (χ2v) is 6.52. The van der Waals surface area contributed by atoms with Crippen LogP contribution in [0.3, 0.4) is 0 Å². The summed E-state index contributed by atoms with van der Waals surface area (Å²) in [6.07, 6.45) is 1.32. The van der Waals surface area contributed by atoms with Crippen molar-refractivity contribution in [3.05, 3.63) is 27.3 Å². The Bertz CT molecular complexity index is 727. The molecule has 23 heavy (non-hydrogen) atoms. The maximum atomic E-state index is 12.3. The van der Waals surface area contributed by atoms with E-state index in [0.717, 1.165) is 5.01 Å². The number of H-pyrrole nitrogens is 1. The summed E-state index contributed by atoms with van der Waals surface area (Å²) in [6.45, 7) is 4.68. The van der Waals surface area contributed by atoms with Crippen molar-refractivity contribution in [1.82, 2.24) is 20.1 Å². The molecular formula is C15H20N6OS. The monoisotopic (exact) mass is 332 g/mol. The molecule has 0 atom stereocenters. The second-order valence-electron chi connectivity index (χ2n) is 5.63. The van der Waals surface area contributed by atoms with Gasteiger partial charge in [0, 0.05) is 24.9 Å². The van der Waals surface area contributed by atoms with E-state index in [0.29, 0.717) is 42.3 Å². The van der Waals surface area contributed by atoms with Gasteiger partial charge >= 0.3 is 0 Å². The number of nitriles is 1. The van der Waals surface area contributed by atoms with Crippen molar-refractivity contribution in [2.45, 2.75) is 32.6 Å². The number of nitrogens with two attached hydrogens (primary N) is 1. The minimum atomic E-state index is -0.0854. The number of nitrogen functional groups attached to an aromatic ring is 1. The standard InChI is InChI=1S/C15H20N6OS/c1-9(2)14-18-12(8-23-14)15(22)21(3)6-4-5-11-10(7-16)13(17)20-19-11/h8-9H,4-6H2,1-3H3,(H3,17,19,20). The molecule has 0 unspecified atom stereocenters. The lowest BCUT2D eigenvalue weighted by Gasteiger charge is -2.15. The van der Waals surface area contributed by atoms with E-state index >= 15 is 0 Å². The van der Waals surface area contributed by atoms with Crippen molar-refractivity contribution in [2.75, 3.05) is 19.3 Å². The number of aromatic amines is 1. The SMILES string of the molecule is CC(C)c1nc(C(=O)N(C)CCCc2[nH]nc(N)c2C#N)cs1. The van der Waals surface area contributed by atoms with Gasteiger partial charge in [-0.05, 0) is 12.8 Å². The smallest absolute Gasteiger partial charge is 0.273 e. The number of carbonyl (C=O) groups is 1. The maximum Gasteiger partial charge on any atom is 0.273 e. The molecule has 0 aromatic carbocycles. The molecule has 0 spiro atoms. The van der Waals surface area contributed by atoms with Gasteiger partial charge in [0.25, 0.3) is 5.91 Å². The summed E-state index contributed by atoms with van der Waals surface area (Å²) in [5.41, 5.74) is 7.19. The van der Waals surface area contributed by atoms with Gasteiger partial charge in [0.05, 0.1) is 10.7 Å². The first kappa shape index (κ1) is 17.0. The Hall–Kier alpha value is -2.40. The largest absolute Gasteiger partial charge is 0.381 e. The third-order valence-electron chi connectivity index (χ3n) is 3.48. The predicted octanol–water partition coefficient (Wildman–Crippen LogP) is 2.15. The van der Waals surface area contributed by atoms with Crippen LogP contribution in [0.5, 0.6) is 0 Å². The summed E-state index contributed by atoms with van der Waals surface area (Å²) < 4.78 is 0. The van der Waals surface area contributed by atoms with Crippen LogP contribution >= 0.6 is 11.3 Å². The van der Waals surface area contributed by atoms with Gasteiger partial charge < -0.3 is 10.6 Å². The second kappa shape index (κ2) is 7.24. The van der Waals surface area contributed by atoms with Gasteiger partial charge in [-0.3, -0.25) is 9.89 Å². The number of rotatable bonds is 6. The van der Waals surface area contributed by atoms with Crippen molar-refractivity contribution >= 4 is 23.1 Å². The van der Waals surface area contributed by atoms with Crippen LogP contribution in [0.25, 0.3) is 0 Å². The third kappa shape index (κ3) is 3.87. The summed E-state index contributed by atoms with van der Waals surface area (Å²) in [5.74, 6) is 0.454. The lowest BCUT2D eigenvalue weighted by molar-refractivity contribution is 0.0788. The maximum absolute atomic E-state index is 12.3. The molecule has 0 aliphatic rings. The lowest BCUT2D eigenvalue weighted by atomic mass is 10.1. The van der Waals surface area contributed by atoms with Crippen LogP contribution in [-0.4, -0.2) is 39.6 Å². The molecule has 0 saturated heterocycles. The van der Waals surface area contributed by atoms with E-state index in [1.54, 1.807) is 17.3 Å². The van der Waals surface area contributed by atoms with Gasteiger partial charge in [0.15, 0.2) is 5.82 Å². The number of nitrogens with one attached hydrogen (secondary N) is 1. The average molecular weight is 332 g/mol. The molecule has 2 aromatic rings. The van der Waals surface area contributed by atoms with Gasteiger partial charge in [-0.25, -0.2) is 4.98 Å². The van der Waals surface area contributed by atoms with Crippen molar-refractivity contribution in [2.24, 2.45) is 0 Å². The van der Waals surface area contributed by atoms with E-state index < -0.39 is 0 Å². The number of nitrogens with zero attached hydrogens (tertiary/aromatic N) is 4. The molecule has 7 nitrogen and oxygen atoms in total. The number of aryl methyl sites for hydroxylation is 1. The molecule has 0 radical (unpaired) electrons. The fourth-order valence-electron chi connectivity index (χ4n) is 2.14. The Labute approximate surface area is 139 Å². The zero-order valence-corrected chi connectivity index (χ0v) is 14.3. The van der Waals surface area contributed by atoms with Crippen LogP contribution in [0.1, 0.15) is 52.9 Å². The Morgan fingerprint density at radius 2 is 2.30 bits per heavy atom. The molecule has 8 heteroatoms. The summed E-state index contributed by atoms with van der Waals surface area (Å²) in [5, 5.41) is 18.4. The first-order chi connectivity index (χ1) is 10.9. The minimum Gasteiger partial charge on any atom is -0.381 e. The molecule has 1 amide bonds. The zero-order valence-electron chi connectivity index (χ0n) is 13.5. The summed E-state index contributed by atoms with van der Waals surface area (Å²) in [6, 6.07) is 2.04. The fraction of sp³-hybridized carbons (Fsp3) is 0.467. The van der Waals surface area contributed by atoms with Crippen LogP contribution in [0, 0.1) is 11.3 Å². The Kier molecular flexibility index (Phi) is 5.34. The quantitative estimate of drug-likeness (QED) is 0.841. The number of thiazole rings is 1. The van der Waals surface area contributed by atoms with Crippen molar-refractivity contribution < 1.29 is 4.79 Å². The molecular weight excluding hydrogens is 312 g/mol. The first-order valence-corrected chi connectivity index (χ1v) is 8.25. The topological polar surface area (TPSA) is 112 Å². The molecule has 2 aromatic heterocycles. The van der Waals surface area contributed by atoms with Gasteiger partial charge in [0.1, 0.15) is 17.3 Å². The van der Waals surface area contributed by atoms with Crippen molar-refractivity contribution in [3.63, 3.8) is 0 Å². The van der Waals surface area contributed by atoms with E-state index in [2.05, 4.69) is 29.0 Å². The average Bonchev–Trinajstić information content (AvgIpc) is 3.13. The number of hydrogen-bond acceptors (Lipinski definition) is 6. The van der Waals surface area contributed by atoms with Crippen molar-refractivity contribution in [1.29, 1.82) is 5.26 Å². The normalized spacial score (nSPS) is 10.7. The van der Waals surface area contributed by atoms with Crippen LogP contribution in [0.4, 0.5) is 5.82 Å². The van der Waals surface area contributed by atoms with Crippen LogP contribution in [0.2, 0.25) is 0 Å². The molecule has 3 N–H and O–H groups in total. The number of amides is 1. The number of aromatic nitrogens is 3. The molecule has 2 rings (SSSR count). The third-order valence-corrected chi connectivity index (χ3v) is 4.63. The zero-order chi connectivity index (χ0) is 17.0. The highest BCUT2D eigenvalue weighted by Crippen LogP contribution is 2.20. The minimum absolute atomic E-state index is 0.0854. The predicted molar refractivity (Wildman–Crippen MR) is 89.2 cm³/mol. The van der Waals surface area contributed by atoms with E-state index in [1.807, 2.05) is 6.07 Å². The highest BCUT2D eigenvalue weighted by Gasteiger charge is 2.17. The number of carbonyl (C=O) groups excluding carboxylic acids is 1. The van der Waals surface area contributed by atoms with Gasteiger partial charge in [-0.15, -0.1) is 11.3 Å². The van der Waals surface area contributed by atoms with E-state index in [1.165, 1.54) is 11.3 Å². The molecule has 0 aliphatic heterocycles. The van der Waals surface area contributed by atoms with Crippen LogP contribution < -0.4 is 5.73 Å². The highest BCUT2D eigenvalue weighted by molar-refractivity contribution is 7.09. The van der Waals surface area contributed by atoms with Crippen LogP contribution in [0.15, 0.2) is 5.38 Å². The molecule has 0 aliphatic carbocycles. The van der Waals surface area contributed by atoms with Gasteiger partial charge in [-0.2, -0.15) is 10.4 Å².